The minimum atomic E-state index is -0.0532. The van der Waals surface area contributed by atoms with E-state index in [1.807, 2.05) is 60.9 Å². The predicted octanol–water partition coefficient (Wildman–Crippen LogP) is 4.20. The highest BCUT2D eigenvalue weighted by Crippen LogP contribution is 2.19. The van der Waals surface area contributed by atoms with Gasteiger partial charge in [-0.3, -0.25) is 9.78 Å². The van der Waals surface area contributed by atoms with Crippen LogP contribution in [0.4, 0.5) is 0 Å². The van der Waals surface area contributed by atoms with Crippen LogP contribution in [-0.4, -0.2) is 22.4 Å². The first-order chi connectivity index (χ1) is 12.8. The van der Waals surface area contributed by atoms with Crippen molar-refractivity contribution in [2.75, 3.05) is 6.54 Å². The number of pyridine rings is 1. The summed E-state index contributed by atoms with van der Waals surface area (Å²) in [7, 11) is 0. The van der Waals surface area contributed by atoms with Gasteiger partial charge in [-0.25, -0.2) is 0 Å². The standard InChI is InChI=1S/C22H19N3O/c26-22(17-9-7-16(8-10-17)18-4-3-12-23-14-18)24-13-11-19-15-25-21-6-2-1-5-20(19)21/h1-10,12,14-15,25H,11,13H2,(H,24,26). The van der Waals surface area contributed by atoms with Crippen molar-refractivity contribution in [3.05, 3.63) is 90.4 Å². The van der Waals surface area contributed by atoms with Gasteiger partial charge in [0.2, 0.25) is 0 Å². The Morgan fingerprint density at radius 3 is 2.62 bits per heavy atom. The second-order valence-electron chi connectivity index (χ2n) is 6.18. The molecule has 4 aromatic rings. The molecule has 0 spiro atoms. The maximum atomic E-state index is 12.4. The molecular formula is C22H19N3O. The number of amides is 1. The molecule has 2 N–H and O–H groups in total. The van der Waals surface area contributed by atoms with E-state index in [0.29, 0.717) is 12.1 Å². The maximum absolute atomic E-state index is 12.4. The quantitative estimate of drug-likeness (QED) is 0.571. The number of fused-ring (bicyclic) bond motifs is 1. The first kappa shape index (κ1) is 16.1. The second-order valence-corrected chi connectivity index (χ2v) is 6.18. The Kier molecular flexibility index (Phi) is 4.48. The Labute approximate surface area is 151 Å². The minimum Gasteiger partial charge on any atom is -0.361 e. The molecule has 0 bridgehead atoms. The first-order valence-electron chi connectivity index (χ1n) is 8.65. The van der Waals surface area contributed by atoms with Gasteiger partial charge < -0.3 is 10.3 Å². The number of benzene rings is 2. The van der Waals surface area contributed by atoms with Crippen LogP contribution in [0.15, 0.2) is 79.3 Å². The molecule has 0 radical (unpaired) electrons. The molecule has 2 aromatic carbocycles. The highest BCUT2D eigenvalue weighted by molar-refractivity contribution is 5.94. The van der Waals surface area contributed by atoms with Crippen molar-refractivity contribution < 1.29 is 4.79 Å². The zero-order valence-corrected chi connectivity index (χ0v) is 14.3. The van der Waals surface area contributed by atoms with Crippen molar-refractivity contribution in [3.63, 3.8) is 0 Å². The van der Waals surface area contributed by atoms with Crippen LogP contribution in [0, 0.1) is 0 Å². The van der Waals surface area contributed by atoms with Crippen LogP contribution in [0.2, 0.25) is 0 Å². The van der Waals surface area contributed by atoms with Gasteiger partial charge in [0.05, 0.1) is 0 Å². The Hall–Kier alpha value is -3.40. The van der Waals surface area contributed by atoms with Crippen LogP contribution in [0.25, 0.3) is 22.0 Å². The topological polar surface area (TPSA) is 57.8 Å². The lowest BCUT2D eigenvalue weighted by molar-refractivity contribution is 0.0954. The monoisotopic (exact) mass is 341 g/mol. The van der Waals surface area contributed by atoms with Crippen molar-refractivity contribution in [1.29, 1.82) is 0 Å². The Morgan fingerprint density at radius 2 is 1.81 bits per heavy atom. The molecule has 128 valence electrons. The van der Waals surface area contributed by atoms with E-state index in [-0.39, 0.29) is 5.91 Å². The lowest BCUT2D eigenvalue weighted by Gasteiger charge is -2.06. The third kappa shape index (κ3) is 3.35. The number of hydrogen-bond donors (Lipinski definition) is 2. The minimum absolute atomic E-state index is 0.0532. The zero-order chi connectivity index (χ0) is 17.8. The predicted molar refractivity (Wildman–Crippen MR) is 104 cm³/mol. The fourth-order valence-electron chi connectivity index (χ4n) is 3.10. The molecule has 0 unspecified atom stereocenters. The largest absolute Gasteiger partial charge is 0.361 e. The van der Waals surface area contributed by atoms with Crippen LogP contribution >= 0.6 is 0 Å². The number of carbonyl (C=O) groups excluding carboxylic acids is 1. The normalized spacial score (nSPS) is 10.8. The second kappa shape index (κ2) is 7.23. The third-order valence-corrected chi connectivity index (χ3v) is 4.50. The van der Waals surface area contributed by atoms with Crippen molar-refractivity contribution in [3.8, 4) is 11.1 Å². The van der Waals surface area contributed by atoms with E-state index in [4.69, 9.17) is 0 Å². The molecule has 0 saturated heterocycles. The number of H-pyrrole nitrogens is 1. The van der Waals surface area contributed by atoms with Gasteiger partial charge in [0.1, 0.15) is 0 Å². The van der Waals surface area contributed by atoms with Gasteiger partial charge in [0.15, 0.2) is 0 Å². The van der Waals surface area contributed by atoms with Crippen molar-refractivity contribution >= 4 is 16.8 Å². The van der Waals surface area contributed by atoms with Crippen LogP contribution in [0.5, 0.6) is 0 Å². The van der Waals surface area contributed by atoms with E-state index in [0.717, 1.165) is 23.1 Å². The summed E-state index contributed by atoms with van der Waals surface area (Å²) in [4.78, 5) is 19.7. The molecule has 0 aliphatic heterocycles. The summed E-state index contributed by atoms with van der Waals surface area (Å²) in [6.45, 7) is 0.602. The SMILES string of the molecule is O=C(NCCc1c[nH]c2ccccc12)c1ccc(-c2cccnc2)cc1. The fraction of sp³-hybridized carbons (Fsp3) is 0.0909. The van der Waals surface area contributed by atoms with Crippen LogP contribution in [0.3, 0.4) is 0 Å². The molecule has 4 nitrogen and oxygen atoms in total. The van der Waals surface area contributed by atoms with E-state index in [1.165, 1.54) is 10.9 Å². The average Bonchev–Trinajstić information content (AvgIpc) is 3.12. The summed E-state index contributed by atoms with van der Waals surface area (Å²) in [6, 6.07) is 19.7. The number of aromatic amines is 1. The average molecular weight is 341 g/mol. The summed E-state index contributed by atoms with van der Waals surface area (Å²) in [5.74, 6) is -0.0532. The molecule has 26 heavy (non-hydrogen) atoms. The highest BCUT2D eigenvalue weighted by atomic mass is 16.1. The molecule has 2 heterocycles. The summed E-state index contributed by atoms with van der Waals surface area (Å²) < 4.78 is 0. The number of aromatic nitrogens is 2. The van der Waals surface area contributed by atoms with Crippen molar-refractivity contribution in [2.24, 2.45) is 0 Å². The molecule has 4 rings (SSSR count). The van der Waals surface area contributed by atoms with E-state index < -0.39 is 0 Å². The lowest BCUT2D eigenvalue weighted by Crippen LogP contribution is -2.25. The van der Waals surface area contributed by atoms with Gasteiger partial charge in [-0.15, -0.1) is 0 Å². The van der Waals surface area contributed by atoms with Crippen LogP contribution in [-0.2, 0) is 6.42 Å². The molecule has 4 heteroatoms. The Morgan fingerprint density at radius 1 is 0.962 bits per heavy atom. The van der Waals surface area contributed by atoms with Gasteiger partial charge in [-0.05, 0) is 47.4 Å². The lowest BCUT2D eigenvalue weighted by atomic mass is 10.1. The molecule has 0 saturated carbocycles. The number of carbonyl (C=O) groups is 1. The van der Waals surface area contributed by atoms with E-state index in [9.17, 15) is 4.79 Å². The van der Waals surface area contributed by atoms with Gasteiger partial charge in [0.25, 0.3) is 5.91 Å². The smallest absolute Gasteiger partial charge is 0.251 e. The fourth-order valence-corrected chi connectivity index (χ4v) is 3.10. The molecule has 0 atom stereocenters. The van der Waals surface area contributed by atoms with Gasteiger partial charge in [-0.2, -0.15) is 0 Å². The third-order valence-electron chi connectivity index (χ3n) is 4.50. The van der Waals surface area contributed by atoms with Crippen molar-refractivity contribution in [1.82, 2.24) is 15.3 Å². The molecule has 2 aromatic heterocycles. The number of para-hydroxylation sites is 1. The molecule has 1 amide bonds. The van der Waals surface area contributed by atoms with Gasteiger partial charge in [0, 0.05) is 41.6 Å². The van der Waals surface area contributed by atoms with Crippen LogP contribution < -0.4 is 5.32 Å². The van der Waals surface area contributed by atoms with Crippen LogP contribution in [0.1, 0.15) is 15.9 Å². The summed E-state index contributed by atoms with van der Waals surface area (Å²) in [5, 5.41) is 4.21. The van der Waals surface area contributed by atoms with E-state index in [1.54, 1.807) is 6.20 Å². The molecule has 0 fully saturated rings. The molecular weight excluding hydrogens is 322 g/mol. The molecule has 0 aliphatic rings. The van der Waals surface area contributed by atoms with E-state index in [2.05, 4.69) is 27.4 Å². The number of hydrogen-bond acceptors (Lipinski definition) is 2. The summed E-state index contributed by atoms with van der Waals surface area (Å²) in [6.07, 6.45) is 6.37. The van der Waals surface area contributed by atoms with Gasteiger partial charge >= 0.3 is 0 Å². The first-order valence-corrected chi connectivity index (χ1v) is 8.65. The summed E-state index contributed by atoms with van der Waals surface area (Å²) in [5.41, 5.74) is 5.09. The van der Waals surface area contributed by atoms with E-state index >= 15 is 0 Å². The zero-order valence-electron chi connectivity index (χ0n) is 14.3. The number of rotatable bonds is 5. The highest BCUT2D eigenvalue weighted by Gasteiger charge is 2.07. The number of nitrogens with zero attached hydrogens (tertiary/aromatic N) is 1. The number of nitrogens with one attached hydrogen (secondary N) is 2. The van der Waals surface area contributed by atoms with Gasteiger partial charge in [-0.1, -0.05) is 36.4 Å². The molecule has 0 aliphatic carbocycles. The maximum Gasteiger partial charge on any atom is 0.251 e. The Bertz CT molecular complexity index is 1020. The van der Waals surface area contributed by atoms with Crippen molar-refractivity contribution in [2.45, 2.75) is 6.42 Å². The summed E-state index contributed by atoms with van der Waals surface area (Å²) >= 11 is 0. The Balaban J connectivity index is 1.37.